The fraction of sp³-hybridized carbons (Fsp3) is 0.200. The van der Waals surface area contributed by atoms with Gasteiger partial charge in [-0.1, -0.05) is 67.2 Å². The zero-order valence-corrected chi connectivity index (χ0v) is 19.7. The van der Waals surface area contributed by atoms with Gasteiger partial charge in [0.15, 0.2) is 0 Å². The average Bonchev–Trinajstić information content (AvgIpc) is 3.52. The molecule has 4 aromatic rings. The fourth-order valence-corrected chi connectivity index (χ4v) is 4.68. The Balaban J connectivity index is 0.00000117. The molecule has 2 aliphatic rings. The Kier molecular flexibility index (Phi) is 5.89. The molecule has 1 aromatic heterocycles. The number of imidazole rings is 1. The van der Waals surface area contributed by atoms with Crippen LogP contribution >= 0.6 is 0 Å². The minimum atomic E-state index is 0.613. The van der Waals surface area contributed by atoms with Gasteiger partial charge in [-0.05, 0) is 48.1 Å². The second kappa shape index (κ2) is 9.14. The van der Waals surface area contributed by atoms with Crippen molar-refractivity contribution in [1.29, 1.82) is 0 Å². The molecular weight excluding hydrogens is 416 g/mol. The summed E-state index contributed by atoms with van der Waals surface area (Å²) in [6.45, 7) is 13.7. The Hall–Kier alpha value is -3.92. The van der Waals surface area contributed by atoms with Crippen molar-refractivity contribution < 1.29 is 0 Å². The molecule has 0 spiro atoms. The summed E-state index contributed by atoms with van der Waals surface area (Å²) in [5.74, 6) is 2.76. The van der Waals surface area contributed by atoms with E-state index in [0.717, 1.165) is 29.2 Å². The van der Waals surface area contributed by atoms with Crippen LogP contribution in [0.3, 0.4) is 0 Å². The summed E-state index contributed by atoms with van der Waals surface area (Å²) in [5.41, 5.74) is 9.41. The number of aromatic nitrogens is 2. The third-order valence-electron chi connectivity index (χ3n) is 6.45. The zero-order chi connectivity index (χ0) is 23.7. The van der Waals surface area contributed by atoms with Gasteiger partial charge in [-0.3, -0.25) is 4.99 Å². The summed E-state index contributed by atoms with van der Waals surface area (Å²) in [7, 11) is 0. The minimum Gasteiger partial charge on any atom is -0.342 e. The monoisotopic (exact) mass is 446 g/mol. The van der Waals surface area contributed by atoms with Crippen LogP contribution in [0.2, 0.25) is 0 Å². The zero-order valence-electron chi connectivity index (χ0n) is 19.7. The van der Waals surface area contributed by atoms with Crippen LogP contribution in [0.15, 0.2) is 97.2 Å². The highest BCUT2D eigenvalue weighted by Crippen LogP contribution is 2.41. The Labute approximate surface area is 201 Å². The van der Waals surface area contributed by atoms with E-state index in [9.17, 15) is 0 Å². The van der Waals surface area contributed by atoms with E-state index in [1.807, 2.05) is 0 Å². The number of nitrogens with zero attached hydrogens (tertiary/aromatic N) is 3. The van der Waals surface area contributed by atoms with Crippen molar-refractivity contribution in [3.63, 3.8) is 0 Å². The first-order chi connectivity index (χ1) is 16.7. The molecular formula is C30H30N4. The van der Waals surface area contributed by atoms with Crippen molar-refractivity contribution in [3.8, 4) is 11.1 Å². The SMILES string of the molecule is C=C.C=C1CN=C(c2ccccc2-c2ccc(Cn3c(C4CC4)nc4cccc(C)c43)cc2)N1. The number of aliphatic imine (C=N–C) groups is 1. The van der Waals surface area contributed by atoms with E-state index in [2.05, 4.69) is 108 Å². The van der Waals surface area contributed by atoms with Gasteiger partial charge in [-0.2, -0.15) is 0 Å². The summed E-state index contributed by atoms with van der Waals surface area (Å²) in [5, 5.41) is 3.31. The molecule has 1 aliphatic carbocycles. The first-order valence-electron chi connectivity index (χ1n) is 11.8. The van der Waals surface area contributed by atoms with Crippen LogP contribution in [0.4, 0.5) is 0 Å². The molecule has 1 fully saturated rings. The van der Waals surface area contributed by atoms with Crippen LogP contribution < -0.4 is 5.32 Å². The first-order valence-corrected chi connectivity index (χ1v) is 11.8. The summed E-state index contributed by atoms with van der Waals surface area (Å²) < 4.78 is 2.44. The second-order valence-corrected chi connectivity index (χ2v) is 8.91. The maximum atomic E-state index is 4.99. The molecule has 0 atom stereocenters. The van der Waals surface area contributed by atoms with E-state index in [4.69, 9.17) is 4.98 Å². The Morgan fingerprint density at radius 1 is 0.941 bits per heavy atom. The molecule has 1 N–H and O–H groups in total. The Morgan fingerprint density at radius 3 is 2.35 bits per heavy atom. The lowest BCUT2D eigenvalue weighted by molar-refractivity contribution is 0.745. The van der Waals surface area contributed by atoms with Gasteiger partial charge < -0.3 is 9.88 Å². The number of hydrogen-bond donors (Lipinski definition) is 1. The van der Waals surface area contributed by atoms with Crippen LogP contribution in [-0.4, -0.2) is 21.9 Å². The van der Waals surface area contributed by atoms with Gasteiger partial charge in [0.05, 0.1) is 17.6 Å². The highest BCUT2D eigenvalue weighted by molar-refractivity contribution is 6.06. The van der Waals surface area contributed by atoms with Gasteiger partial charge in [0.25, 0.3) is 0 Å². The normalized spacial score (nSPS) is 15.0. The lowest BCUT2D eigenvalue weighted by Crippen LogP contribution is -2.18. The number of hydrogen-bond acceptors (Lipinski definition) is 3. The number of aryl methyl sites for hydroxylation is 1. The van der Waals surface area contributed by atoms with Gasteiger partial charge in [0, 0.05) is 23.7 Å². The molecule has 170 valence electrons. The highest BCUT2D eigenvalue weighted by atomic mass is 15.1. The molecule has 0 unspecified atom stereocenters. The maximum Gasteiger partial charge on any atom is 0.133 e. The van der Waals surface area contributed by atoms with Crippen molar-refractivity contribution in [3.05, 3.63) is 115 Å². The molecule has 4 nitrogen and oxygen atoms in total. The quantitative estimate of drug-likeness (QED) is 0.351. The van der Waals surface area contributed by atoms with Crippen molar-refractivity contribution in [2.45, 2.75) is 32.2 Å². The van der Waals surface area contributed by atoms with Crippen molar-refractivity contribution in [2.24, 2.45) is 4.99 Å². The second-order valence-electron chi connectivity index (χ2n) is 8.91. The van der Waals surface area contributed by atoms with Crippen LogP contribution in [0.25, 0.3) is 22.2 Å². The lowest BCUT2D eigenvalue weighted by Gasteiger charge is -2.13. The predicted octanol–water partition coefficient (Wildman–Crippen LogP) is 6.60. The maximum absolute atomic E-state index is 4.99. The molecule has 1 saturated carbocycles. The standard InChI is InChI=1S/C28H26N4.C2H4/c1-18-6-5-9-25-26(18)32(28(31-25)22-14-15-22)17-20-10-12-21(13-11-20)23-7-3-4-8-24(23)27-29-16-19(2)30-27;1-2/h3-13,22H,2,14-17H2,1H3,(H,29,30);1-2H2. The molecule has 0 amide bonds. The number of benzene rings is 3. The van der Waals surface area contributed by atoms with Crippen LogP contribution in [0.5, 0.6) is 0 Å². The molecule has 34 heavy (non-hydrogen) atoms. The largest absolute Gasteiger partial charge is 0.342 e. The number of fused-ring (bicyclic) bond motifs is 1. The number of rotatable bonds is 5. The van der Waals surface area contributed by atoms with Gasteiger partial charge in [0.1, 0.15) is 11.7 Å². The summed E-state index contributed by atoms with van der Waals surface area (Å²) in [6, 6.07) is 23.8. The van der Waals surface area contributed by atoms with Crippen molar-refractivity contribution in [1.82, 2.24) is 14.9 Å². The third kappa shape index (κ3) is 4.08. The number of nitrogens with one attached hydrogen (secondary N) is 1. The molecule has 6 rings (SSSR count). The number of amidine groups is 1. The van der Waals surface area contributed by atoms with Crippen LogP contribution in [0.1, 0.15) is 41.3 Å². The Bertz CT molecular complexity index is 1390. The topological polar surface area (TPSA) is 42.2 Å². The van der Waals surface area contributed by atoms with Gasteiger partial charge >= 0.3 is 0 Å². The first kappa shape index (κ1) is 21.9. The molecule has 4 heteroatoms. The number of para-hydroxylation sites is 1. The molecule has 2 heterocycles. The molecule has 1 aliphatic heterocycles. The van der Waals surface area contributed by atoms with E-state index in [1.54, 1.807) is 0 Å². The summed E-state index contributed by atoms with van der Waals surface area (Å²) in [4.78, 5) is 9.60. The van der Waals surface area contributed by atoms with Crippen LogP contribution in [-0.2, 0) is 6.54 Å². The molecule has 0 bridgehead atoms. The Morgan fingerprint density at radius 2 is 1.68 bits per heavy atom. The van der Waals surface area contributed by atoms with E-state index >= 15 is 0 Å². The van der Waals surface area contributed by atoms with Gasteiger partial charge in [0.2, 0.25) is 0 Å². The summed E-state index contributed by atoms with van der Waals surface area (Å²) in [6.07, 6.45) is 2.50. The van der Waals surface area contributed by atoms with Crippen molar-refractivity contribution in [2.75, 3.05) is 6.54 Å². The predicted molar refractivity (Wildman–Crippen MR) is 142 cm³/mol. The average molecular weight is 447 g/mol. The molecule has 0 saturated heterocycles. The molecule has 0 radical (unpaired) electrons. The van der Waals surface area contributed by atoms with E-state index in [0.29, 0.717) is 12.5 Å². The summed E-state index contributed by atoms with van der Waals surface area (Å²) >= 11 is 0. The highest BCUT2D eigenvalue weighted by Gasteiger charge is 2.30. The minimum absolute atomic E-state index is 0.613. The fourth-order valence-electron chi connectivity index (χ4n) is 4.68. The van der Waals surface area contributed by atoms with Gasteiger partial charge in [-0.25, -0.2) is 4.98 Å². The van der Waals surface area contributed by atoms with E-state index < -0.39 is 0 Å². The van der Waals surface area contributed by atoms with Gasteiger partial charge in [-0.15, -0.1) is 13.2 Å². The third-order valence-corrected chi connectivity index (χ3v) is 6.45. The van der Waals surface area contributed by atoms with E-state index in [-0.39, 0.29) is 0 Å². The van der Waals surface area contributed by atoms with Crippen molar-refractivity contribution >= 4 is 16.9 Å². The smallest absolute Gasteiger partial charge is 0.133 e. The lowest BCUT2D eigenvalue weighted by atomic mass is 9.98. The van der Waals surface area contributed by atoms with Crippen LogP contribution in [0, 0.1) is 6.92 Å². The van der Waals surface area contributed by atoms with E-state index in [1.165, 1.54) is 46.4 Å². The molecule has 3 aromatic carbocycles.